The second-order valence-electron chi connectivity index (χ2n) is 5.94. The van der Waals surface area contributed by atoms with Crippen LogP contribution in [0.3, 0.4) is 0 Å². The average Bonchev–Trinajstić information content (AvgIpc) is 2.53. The van der Waals surface area contributed by atoms with E-state index in [1.54, 1.807) is 12.1 Å². The molecule has 0 saturated carbocycles. The lowest BCUT2D eigenvalue weighted by Crippen LogP contribution is -2.32. The van der Waals surface area contributed by atoms with E-state index < -0.39 is 12.1 Å². The SMILES string of the molecule is CC(C)c1ccc(O[C@@H](C(=O)O)[C@@H](C)c2ccc(Cl)cc2)cc1. The van der Waals surface area contributed by atoms with Crippen molar-refractivity contribution in [2.75, 3.05) is 0 Å². The lowest BCUT2D eigenvalue weighted by Gasteiger charge is -2.22. The number of ether oxygens (including phenoxy) is 1. The Morgan fingerprint density at radius 2 is 1.48 bits per heavy atom. The van der Waals surface area contributed by atoms with E-state index in [1.807, 2.05) is 43.3 Å². The van der Waals surface area contributed by atoms with Crippen LogP contribution in [0.25, 0.3) is 0 Å². The first kappa shape index (κ1) is 17.4. The van der Waals surface area contributed by atoms with Crippen LogP contribution in [0, 0.1) is 0 Å². The molecule has 0 aliphatic carbocycles. The van der Waals surface area contributed by atoms with Gasteiger partial charge in [0.25, 0.3) is 0 Å². The third-order valence-electron chi connectivity index (χ3n) is 3.90. The van der Waals surface area contributed by atoms with Gasteiger partial charge in [-0.25, -0.2) is 4.79 Å². The number of carbonyl (C=O) groups is 1. The number of rotatable bonds is 6. The minimum absolute atomic E-state index is 0.297. The fraction of sp³-hybridized carbons (Fsp3) is 0.316. The predicted molar refractivity (Wildman–Crippen MR) is 92.4 cm³/mol. The van der Waals surface area contributed by atoms with Crippen LogP contribution >= 0.6 is 11.6 Å². The summed E-state index contributed by atoms with van der Waals surface area (Å²) in [6, 6.07) is 14.7. The minimum atomic E-state index is -0.986. The molecule has 0 saturated heterocycles. The van der Waals surface area contributed by atoms with Gasteiger partial charge in [0.15, 0.2) is 0 Å². The summed E-state index contributed by atoms with van der Waals surface area (Å²) in [5, 5.41) is 10.1. The molecule has 0 aliphatic rings. The van der Waals surface area contributed by atoms with Gasteiger partial charge in [-0.1, -0.05) is 56.6 Å². The standard InChI is InChI=1S/C19H21ClO3/c1-12(2)14-6-10-17(11-7-14)23-18(19(21)22)13(3)15-4-8-16(20)9-5-15/h4-13,18H,1-3H3,(H,21,22)/t13-,18+/m0/s1. The quantitative estimate of drug-likeness (QED) is 0.800. The van der Waals surface area contributed by atoms with Crippen molar-refractivity contribution < 1.29 is 14.6 Å². The van der Waals surface area contributed by atoms with Gasteiger partial charge in [-0.3, -0.25) is 0 Å². The van der Waals surface area contributed by atoms with Gasteiger partial charge in [-0.15, -0.1) is 0 Å². The molecule has 2 aromatic carbocycles. The monoisotopic (exact) mass is 332 g/mol. The summed E-state index contributed by atoms with van der Waals surface area (Å²) in [4.78, 5) is 11.6. The Balaban J connectivity index is 2.18. The highest BCUT2D eigenvalue weighted by Gasteiger charge is 2.28. The third-order valence-corrected chi connectivity index (χ3v) is 4.16. The molecule has 0 aromatic heterocycles. The Bertz CT molecular complexity index is 647. The van der Waals surface area contributed by atoms with Crippen LogP contribution < -0.4 is 4.74 Å². The molecular weight excluding hydrogens is 312 g/mol. The van der Waals surface area contributed by atoms with Crippen molar-refractivity contribution in [2.24, 2.45) is 0 Å². The van der Waals surface area contributed by atoms with Gasteiger partial charge in [-0.05, 0) is 41.3 Å². The summed E-state index contributed by atoms with van der Waals surface area (Å²) in [5.74, 6) is -0.301. The Hall–Kier alpha value is -2.00. The van der Waals surface area contributed by atoms with Gasteiger partial charge in [-0.2, -0.15) is 0 Å². The van der Waals surface area contributed by atoms with E-state index >= 15 is 0 Å². The summed E-state index contributed by atoms with van der Waals surface area (Å²) < 4.78 is 5.72. The van der Waals surface area contributed by atoms with Crippen molar-refractivity contribution in [3.63, 3.8) is 0 Å². The first-order chi connectivity index (χ1) is 10.9. The van der Waals surface area contributed by atoms with E-state index in [0.717, 1.165) is 5.56 Å². The van der Waals surface area contributed by atoms with Crippen molar-refractivity contribution in [1.29, 1.82) is 0 Å². The van der Waals surface area contributed by atoms with Crippen LogP contribution in [0.5, 0.6) is 5.75 Å². The minimum Gasteiger partial charge on any atom is -0.478 e. The Kier molecular flexibility index (Phi) is 5.67. The zero-order valence-electron chi connectivity index (χ0n) is 13.5. The Labute approximate surface area is 141 Å². The number of benzene rings is 2. The highest BCUT2D eigenvalue weighted by molar-refractivity contribution is 6.30. The molecule has 0 unspecified atom stereocenters. The summed E-state index contributed by atoms with van der Waals surface area (Å²) in [5.41, 5.74) is 2.07. The molecule has 122 valence electrons. The topological polar surface area (TPSA) is 46.5 Å². The molecule has 0 amide bonds. The van der Waals surface area contributed by atoms with Crippen molar-refractivity contribution in [3.8, 4) is 5.75 Å². The number of hydrogen-bond acceptors (Lipinski definition) is 2. The maximum Gasteiger partial charge on any atom is 0.345 e. The summed E-state index contributed by atoms with van der Waals surface area (Å²) in [6.45, 7) is 6.06. The van der Waals surface area contributed by atoms with Gasteiger partial charge in [0.1, 0.15) is 5.75 Å². The maximum atomic E-state index is 11.6. The Morgan fingerprint density at radius 3 is 1.96 bits per heavy atom. The van der Waals surface area contributed by atoms with Crippen LogP contribution in [-0.2, 0) is 4.79 Å². The van der Waals surface area contributed by atoms with E-state index in [-0.39, 0.29) is 5.92 Å². The fourth-order valence-corrected chi connectivity index (χ4v) is 2.51. The predicted octanol–water partition coefficient (Wildman–Crippen LogP) is 5.10. The van der Waals surface area contributed by atoms with Crippen molar-refractivity contribution >= 4 is 17.6 Å². The third kappa shape index (κ3) is 4.49. The molecule has 3 nitrogen and oxygen atoms in total. The zero-order chi connectivity index (χ0) is 17.0. The molecular formula is C19H21ClO3. The number of carboxylic acid groups (broad SMARTS) is 1. The molecule has 23 heavy (non-hydrogen) atoms. The number of aliphatic carboxylic acids is 1. The van der Waals surface area contributed by atoms with E-state index in [1.165, 1.54) is 5.56 Å². The number of hydrogen-bond donors (Lipinski definition) is 1. The first-order valence-corrected chi connectivity index (χ1v) is 8.01. The lowest BCUT2D eigenvalue weighted by molar-refractivity contribution is -0.146. The van der Waals surface area contributed by atoms with E-state index in [9.17, 15) is 9.90 Å². The highest BCUT2D eigenvalue weighted by Crippen LogP contribution is 2.26. The Morgan fingerprint density at radius 1 is 0.957 bits per heavy atom. The van der Waals surface area contributed by atoms with Crippen molar-refractivity contribution in [1.82, 2.24) is 0 Å². The summed E-state index contributed by atoms with van der Waals surface area (Å²) in [7, 11) is 0. The molecule has 2 aromatic rings. The molecule has 1 N–H and O–H groups in total. The van der Waals surface area contributed by atoms with Gasteiger partial charge in [0.2, 0.25) is 6.10 Å². The van der Waals surface area contributed by atoms with Crippen LogP contribution in [0.1, 0.15) is 43.7 Å². The van der Waals surface area contributed by atoms with Crippen LogP contribution in [0.15, 0.2) is 48.5 Å². The molecule has 2 atom stereocenters. The average molecular weight is 333 g/mol. The van der Waals surface area contributed by atoms with Crippen LogP contribution in [0.2, 0.25) is 5.02 Å². The smallest absolute Gasteiger partial charge is 0.345 e. The van der Waals surface area contributed by atoms with E-state index in [4.69, 9.17) is 16.3 Å². The van der Waals surface area contributed by atoms with Gasteiger partial charge < -0.3 is 9.84 Å². The lowest BCUT2D eigenvalue weighted by atomic mass is 9.95. The molecule has 0 spiro atoms. The molecule has 0 bridgehead atoms. The van der Waals surface area contributed by atoms with E-state index in [2.05, 4.69) is 13.8 Å². The molecule has 0 radical (unpaired) electrons. The molecule has 0 heterocycles. The molecule has 0 fully saturated rings. The normalized spacial score (nSPS) is 13.6. The molecule has 0 aliphatic heterocycles. The fourth-order valence-electron chi connectivity index (χ4n) is 2.39. The maximum absolute atomic E-state index is 11.6. The first-order valence-electron chi connectivity index (χ1n) is 7.63. The molecule has 4 heteroatoms. The van der Waals surface area contributed by atoms with Crippen molar-refractivity contribution in [3.05, 3.63) is 64.7 Å². The summed E-state index contributed by atoms with van der Waals surface area (Å²) >= 11 is 5.88. The summed E-state index contributed by atoms with van der Waals surface area (Å²) in [6.07, 6.45) is -0.957. The number of carboxylic acids is 1. The van der Waals surface area contributed by atoms with Crippen LogP contribution in [0.4, 0.5) is 0 Å². The molecule has 2 rings (SSSR count). The van der Waals surface area contributed by atoms with Crippen LogP contribution in [-0.4, -0.2) is 17.2 Å². The zero-order valence-corrected chi connectivity index (χ0v) is 14.2. The number of halogens is 1. The largest absolute Gasteiger partial charge is 0.478 e. The second-order valence-corrected chi connectivity index (χ2v) is 6.38. The van der Waals surface area contributed by atoms with Gasteiger partial charge >= 0.3 is 5.97 Å². The highest BCUT2D eigenvalue weighted by atomic mass is 35.5. The van der Waals surface area contributed by atoms with Gasteiger partial charge in [0, 0.05) is 10.9 Å². The van der Waals surface area contributed by atoms with Gasteiger partial charge in [0.05, 0.1) is 0 Å². The van der Waals surface area contributed by atoms with Crippen molar-refractivity contribution in [2.45, 2.75) is 38.7 Å². The second kappa shape index (κ2) is 7.51. The van der Waals surface area contributed by atoms with E-state index in [0.29, 0.717) is 16.7 Å².